The number of amides is 1. The number of thioether (sulfide) groups is 1. The molecule has 0 radical (unpaired) electrons. The average Bonchev–Trinajstić information content (AvgIpc) is 3.27. The molecular weight excluding hydrogens is 338 g/mol. The molecule has 1 saturated heterocycles. The fraction of sp³-hybridized carbons (Fsp3) is 0.611. The zero-order chi connectivity index (χ0) is 17.2. The molecule has 0 spiro atoms. The molecule has 0 bridgehead atoms. The van der Waals surface area contributed by atoms with E-state index in [2.05, 4.69) is 10.2 Å². The van der Waals surface area contributed by atoms with Crippen LogP contribution >= 0.6 is 11.8 Å². The van der Waals surface area contributed by atoms with Crippen molar-refractivity contribution < 1.29 is 13.6 Å². The monoisotopic (exact) mass is 361 g/mol. The highest BCUT2D eigenvalue weighted by Gasteiger charge is 2.32. The molecule has 2 fully saturated rings. The molecule has 1 aliphatic carbocycles. The summed E-state index contributed by atoms with van der Waals surface area (Å²) in [5, 5.41) is 8.50. The van der Waals surface area contributed by atoms with Crippen LogP contribution in [-0.4, -0.2) is 39.8 Å². The van der Waals surface area contributed by atoms with Crippen LogP contribution in [0.15, 0.2) is 26.4 Å². The number of aromatic nitrogens is 2. The van der Waals surface area contributed by atoms with Crippen molar-refractivity contribution in [3.63, 3.8) is 0 Å². The van der Waals surface area contributed by atoms with Crippen molar-refractivity contribution in [1.29, 1.82) is 0 Å². The molecule has 2 aromatic heterocycles. The number of hydrogen-bond donors (Lipinski definition) is 0. The standard InChI is InChI=1S/C18H23N3O3S/c1-12-15(7-9-23-12)17-19-20-18(24-17)25-11-16(22)21-8-6-13-4-2-3-5-14(13)10-21/h7,9,13-14H,2-6,8,10-11H2,1H3/t13-,14-/m1/s1. The van der Waals surface area contributed by atoms with Gasteiger partial charge in [0.1, 0.15) is 5.76 Å². The molecule has 3 heterocycles. The minimum atomic E-state index is 0.174. The van der Waals surface area contributed by atoms with Crippen molar-refractivity contribution in [2.75, 3.05) is 18.8 Å². The van der Waals surface area contributed by atoms with E-state index < -0.39 is 0 Å². The average molecular weight is 361 g/mol. The van der Waals surface area contributed by atoms with Gasteiger partial charge >= 0.3 is 0 Å². The van der Waals surface area contributed by atoms with Gasteiger partial charge < -0.3 is 13.7 Å². The zero-order valence-corrected chi connectivity index (χ0v) is 15.3. The highest BCUT2D eigenvalue weighted by Crippen LogP contribution is 2.36. The van der Waals surface area contributed by atoms with Gasteiger partial charge in [0, 0.05) is 13.1 Å². The molecule has 25 heavy (non-hydrogen) atoms. The van der Waals surface area contributed by atoms with Crippen molar-refractivity contribution in [2.45, 2.75) is 44.3 Å². The van der Waals surface area contributed by atoms with E-state index >= 15 is 0 Å². The zero-order valence-electron chi connectivity index (χ0n) is 14.4. The first-order valence-electron chi connectivity index (χ1n) is 8.99. The number of fused-ring (bicyclic) bond motifs is 1. The van der Waals surface area contributed by atoms with Gasteiger partial charge in [-0.15, -0.1) is 10.2 Å². The van der Waals surface area contributed by atoms with Gasteiger partial charge in [-0.2, -0.15) is 0 Å². The lowest BCUT2D eigenvalue weighted by Crippen LogP contribution is -2.45. The van der Waals surface area contributed by atoms with Crippen LogP contribution in [0.5, 0.6) is 0 Å². The van der Waals surface area contributed by atoms with Crippen LogP contribution in [0.1, 0.15) is 37.9 Å². The van der Waals surface area contributed by atoms with E-state index in [-0.39, 0.29) is 5.91 Å². The predicted octanol–water partition coefficient (Wildman–Crippen LogP) is 3.77. The van der Waals surface area contributed by atoms with E-state index in [0.717, 1.165) is 36.8 Å². The lowest BCUT2D eigenvalue weighted by molar-refractivity contribution is -0.131. The lowest BCUT2D eigenvalue weighted by Gasteiger charge is -2.41. The van der Waals surface area contributed by atoms with Crippen LogP contribution in [0.2, 0.25) is 0 Å². The molecule has 6 nitrogen and oxygen atoms in total. The number of carbonyl (C=O) groups is 1. The van der Waals surface area contributed by atoms with Crippen molar-refractivity contribution in [2.24, 2.45) is 11.8 Å². The second kappa shape index (κ2) is 7.23. The van der Waals surface area contributed by atoms with Crippen LogP contribution < -0.4 is 0 Å². The van der Waals surface area contributed by atoms with Gasteiger partial charge in [-0.25, -0.2) is 0 Å². The summed E-state index contributed by atoms with van der Waals surface area (Å²) in [4.78, 5) is 14.6. The molecule has 134 valence electrons. The summed E-state index contributed by atoms with van der Waals surface area (Å²) in [6.45, 7) is 3.67. The van der Waals surface area contributed by atoms with Gasteiger partial charge in [-0.3, -0.25) is 4.79 Å². The Labute approximate surface area is 151 Å². The van der Waals surface area contributed by atoms with Gasteiger partial charge in [0.25, 0.3) is 11.1 Å². The Kier molecular flexibility index (Phi) is 4.83. The number of rotatable bonds is 4. The van der Waals surface area contributed by atoms with Crippen LogP contribution in [0.4, 0.5) is 0 Å². The summed E-state index contributed by atoms with van der Waals surface area (Å²) in [5.41, 5.74) is 0.796. The lowest BCUT2D eigenvalue weighted by atomic mass is 9.75. The molecule has 7 heteroatoms. The second-order valence-corrected chi connectivity index (χ2v) is 7.91. The highest BCUT2D eigenvalue weighted by molar-refractivity contribution is 7.99. The largest absolute Gasteiger partial charge is 0.469 e. The fourth-order valence-electron chi connectivity index (χ4n) is 4.03. The highest BCUT2D eigenvalue weighted by atomic mass is 32.2. The van der Waals surface area contributed by atoms with E-state index in [9.17, 15) is 4.79 Å². The first kappa shape index (κ1) is 16.7. The Morgan fingerprint density at radius 1 is 1.28 bits per heavy atom. The maximum Gasteiger partial charge on any atom is 0.277 e. The van der Waals surface area contributed by atoms with Gasteiger partial charge in [-0.1, -0.05) is 31.0 Å². The van der Waals surface area contributed by atoms with Gasteiger partial charge in [0.05, 0.1) is 17.6 Å². The molecule has 2 aromatic rings. The molecule has 0 N–H and O–H groups in total. The molecule has 2 aliphatic rings. The van der Waals surface area contributed by atoms with Gasteiger partial charge in [-0.05, 0) is 37.7 Å². The maximum absolute atomic E-state index is 12.5. The van der Waals surface area contributed by atoms with E-state index in [1.807, 2.05) is 11.8 Å². The summed E-state index contributed by atoms with van der Waals surface area (Å²) < 4.78 is 10.9. The summed E-state index contributed by atoms with van der Waals surface area (Å²) >= 11 is 1.31. The van der Waals surface area contributed by atoms with Gasteiger partial charge in [0.15, 0.2) is 0 Å². The molecule has 0 unspecified atom stereocenters. The van der Waals surface area contributed by atoms with Crippen molar-refractivity contribution in [1.82, 2.24) is 15.1 Å². The minimum absolute atomic E-state index is 0.174. The van der Waals surface area contributed by atoms with Crippen molar-refractivity contribution >= 4 is 17.7 Å². The Bertz CT molecular complexity index is 742. The molecule has 1 saturated carbocycles. The van der Waals surface area contributed by atoms with Gasteiger partial charge in [0.2, 0.25) is 5.91 Å². The summed E-state index contributed by atoms with van der Waals surface area (Å²) in [7, 11) is 0. The number of likely N-dealkylation sites (tertiary alicyclic amines) is 1. The fourth-order valence-corrected chi connectivity index (χ4v) is 4.69. The van der Waals surface area contributed by atoms with E-state index in [0.29, 0.717) is 22.8 Å². The first-order valence-corrected chi connectivity index (χ1v) is 9.98. The quantitative estimate of drug-likeness (QED) is 0.772. The SMILES string of the molecule is Cc1occc1-c1nnc(SCC(=O)N2CC[C@H]3CCCC[C@@H]3C2)o1. The molecule has 4 rings (SSSR count). The molecule has 1 amide bonds. The second-order valence-electron chi connectivity index (χ2n) is 6.99. The van der Waals surface area contributed by atoms with Crippen LogP contribution in [0, 0.1) is 18.8 Å². The third-order valence-electron chi connectivity index (χ3n) is 5.46. The molecular formula is C18H23N3O3S. The summed E-state index contributed by atoms with van der Waals surface area (Å²) in [6.07, 6.45) is 8.06. The minimum Gasteiger partial charge on any atom is -0.469 e. The Hall–Kier alpha value is -1.76. The Balaban J connectivity index is 1.32. The molecule has 0 aromatic carbocycles. The number of aryl methyl sites for hydroxylation is 1. The number of piperidine rings is 1. The predicted molar refractivity (Wildman–Crippen MR) is 94.1 cm³/mol. The number of carbonyl (C=O) groups excluding carboxylic acids is 1. The summed E-state index contributed by atoms with van der Waals surface area (Å²) in [6, 6.07) is 1.80. The normalized spacial score (nSPS) is 23.5. The number of nitrogens with zero attached hydrogens (tertiary/aromatic N) is 3. The Morgan fingerprint density at radius 2 is 2.12 bits per heavy atom. The van der Waals surface area contributed by atoms with Crippen molar-refractivity contribution in [3.05, 3.63) is 18.1 Å². The molecule has 1 aliphatic heterocycles. The molecule has 2 atom stereocenters. The first-order chi connectivity index (χ1) is 12.2. The van der Waals surface area contributed by atoms with Crippen LogP contribution in [0.3, 0.4) is 0 Å². The maximum atomic E-state index is 12.5. The number of hydrogen-bond acceptors (Lipinski definition) is 6. The topological polar surface area (TPSA) is 72.4 Å². The van der Waals surface area contributed by atoms with Crippen LogP contribution in [-0.2, 0) is 4.79 Å². The van der Waals surface area contributed by atoms with Crippen molar-refractivity contribution in [3.8, 4) is 11.5 Å². The van der Waals surface area contributed by atoms with E-state index in [4.69, 9.17) is 8.83 Å². The third kappa shape index (κ3) is 3.61. The van der Waals surface area contributed by atoms with E-state index in [1.54, 1.807) is 12.3 Å². The third-order valence-corrected chi connectivity index (χ3v) is 6.26. The summed E-state index contributed by atoms with van der Waals surface area (Å²) in [5.74, 6) is 3.24. The van der Waals surface area contributed by atoms with E-state index in [1.165, 1.54) is 37.4 Å². The Morgan fingerprint density at radius 3 is 2.92 bits per heavy atom. The number of furan rings is 1. The smallest absolute Gasteiger partial charge is 0.277 e. The van der Waals surface area contributed by atoms with Crippen LogP contribution in [0.25, 0.3) is 11.5 Å².